The average Bonchev–Trinajstić information content (AvgIpc) is 2.66. The molecule has 82 valence electrons. The van der Waals surface area contributed by atoms with Crippen LogP contribution >= 0.6 is 0 Å². The summed E-state index contributed by atoms with van der Waals surface area (Å²) < 4.78 is 1.92. The molecule has 15 heavy (non-hydrogen) atoms. The van der Waals surface area contributed by atoms with Gasteiger partial charge in [0.2, 0.25) is 5.91 Å². The van der Waals surface area contributed by atoms with E-state index in [0.717, 1.165) is 25.8 Å². The second kappa shape index (κ2) is 4.02. The average molecular weight is 208 g/mol. The Hall–Kier alpha value is -1.36. The normalized spacial score (nSPS) is 18.2. The third-order valence-electron chi connectivity index (χ3n) is 2.91. The van der Waals surface area contributed by atoms with Gasteiger partial charge in [0.25, 0.3) is 0 Å². The van der Waals surface area contributed by atoms with Crippen LogP contribution in [0.1, 0.15) is 19.3 Å². The molecule has 0 unspecified atom stereocenters. The van der Waals surface area contributed by atoms with Crippen molar-refractivity contribution in [2.24, 2.45) is 5.73 Å². The summed E-state index contributed by atoms with van der Waals surface area (Å²) in [6.45, 7) is 1.34. The predicted octanol–water partition coefficient (Wildman–Crippen LogP) is -0.119. The maximum absolute atomic E-state index is 11.6. The number of amides is 1. The van der Waals surface area contributed by atoms with Gasteiger partial charge in [-0.2, -0.15) is 0 Å². The summed E-state index contributed by atoms with van der Waals surface area (Å²) >= 11 is 0. The van der Waals surface area contributed by atoms with Crippen LogP contribution in [0.15, 0.2) is 18.7 Å². The quantitative estimate of drug-likeness (QED) is 0.724. The summed E-state index contributed by atoms with van der Waals surface area (Å²) in [5.41, 5.74) is 5.29. The highest BCUT2D eigenvalue weighted by Crippen LogP contribution is 2.28. The van der Waals surface area contributed by atoms with Gasteiger partial charge in [0.15, 0.2) is 0 Å². The third kappa shape index (κ3) is 2.18. The third-order valence-corrected chi connectivity index (χ3v) is 2.91. The smallest absolute Gasteiger partial charge is 0.240 e. The van der Waals surface area contributed by atoms with Crippen LogP contribution in [-0.2, 0) is 11.3 Å². The summed E-state index contributed by atoms with van der Waals surface area (Å²) in [5, 5.41) is 2.85. The zero-order chi connectivity index (χ0) is 10.7. The lowest BCUT2D eigenvalue weighted by molar-refractivity contribution is -0.129. The first-order chi connectivity index (χ1) is 7.21. The first kappa shape index (κ1) is 10.2. The first-order valence-corrected chi connectivity index (χ1v) is 5.24. The van der Waals surface area contributed by atoms with Crippen molar-refractivity contribution in [3.8, 4) is 0 Å². The van der Waals surface area contributed by atoms with E-state index in [2.05, 4.69) is 10.3 Å². The molecule has 1 fully saturated rings. The predicted molar refractivity (Wildman–Crippen MR) is 56.0 cm³/mol. The molecule has 5 nitrogen and oxygen atoms in total. The number of hydrogen-bond donors (Lipinski definition) is 2. The molecule has 0 aromatic carbocycles. The lowest BCUT2D eigenvalue weighted by atomic mass is 9.77. The van der Waals surface area contributed by atoms with Gasteiger partial charge in [-0.1, -0.05) is 0 Å². The summed E-state index contributed by atoms with van der Waals surface area (Å²) in [5.74, 6) is -0.0196. The van der Waals surface area contributed by atoms with E-state index in [1.54, 1.807) is 12.5 Å². The molecule has 1 aliphatic rings. The second-order valence-electron chi connectivity index (χ2n) is 4.07. The molecule has 1 amide bonds. The molecule has 2 rings (SSSR count). The van der Waals surface area contributed by atoms with Crippen molar-refractivity contribution < 1.29 is 4.79 Å². The van der Waals surface area contributed by atoms with Gasteiger partial charge in [0.05, 0.1) is 11.9 Å². The molecule has 0 aliphatic heterocycles. The molecule has 1 aromatic heterocycles. The summed E-state index contributed by atoms with van der Waals surface area (Å²) in [7, 11) is 0. The summed E-state index contributed by atoms with van der Waals surface area (Å²) in [6.07, 6.45) is 8.00. The highest BCUT2D eigenvalue weighted by Gasteiger charge is 2.39. The van der Waals surface area contributed by atoms with Crippen molar-refractivity contribution in [2.75, 3.05) is 6.54 Å². The number of hydrogen-bond acceptors (Lipinski definition) is 3. The minimum Gasteiger partial charge on any atom is -0.353 e. The number of aromatic nitrogens is 2. The SMILES string of the molecule is NC1(C(=O)NCCn2ccnc2)CCC1. The van der Waals surface area contributed by atoms with Gasteiger partial charge in [0.1, 0.15) is 0 Å². The number of carbonyl (C=O) groups excluding carboxylic acids is 1. The van der Waals surface area contributed by atoms with Crippen molar-refractivity contribution >= 4 is 5.91 Å². The van der Waals surface area contributed by atoms with Gasteiger partial charge in [-0.05, 0) is 19.3 Å². The Bertz CT molecular complexity index is 329. The molecule has 0 saturated heterocycles. The highest BCUT2D eigenvalue weighted by molar-refractivity contribution is 5.86. The molecule has 0 radical (unpaired) electrons. The second-order valence-corrected chi connectivity index (χ2v) is 4.07. The summed E-state index contributed by atoms with van der Waals surface area (Å²) in [6, 6.07) is 0. The van der Waals surface area contributed by atoms with Crippen LogP contribution in [0.4, 0.5) is 0 Å². The zero-order valence-corrected chi connectivity index (χ0v) is 8.65. The van der Waals surface area contributed by atoms with E-state index < -0.39 is 5.54 Å². The van der Waals surface area contributed by atoms with Gasteiger partial charge >= 0.3 is 0 Å². The molecule has 1 saturated carbocycles. The molecule has 5 heteroatoms. The van der Waals surface area contributed by atoms with Crippen LogP contribution < -0.4 is 11.1 Å². The molecular weight excluding hydrogens is 192 g/mol. The van der Waals surface area contributed by atoms with E-state index in [9.17, 15) is 4.79 Å². The minimum atomic E-state index is -0.588. The van der Waals surface area contributed by atoms with Crippen LogP contribution in [0.25, 0.3) is 0 Å². The number of carbonyl (C=O) groups is 1. The Morgan fingerprint density at radius 3 is 2.93 bits per heavy atom. The monoisotopic (exact) mass is 208 g/mol. The van der Waals surface area contributed by atoms with E-state index in [1.165, 1.54) is 0 Å². The fourth-order valence-electron chi connectivity index (χ4n) is 1.68. The number of nitrogens with two attached hydrogens (primary N) is 1. The van der Waals surface area contributed by atoms with E-state index in [4.69, 9.17) is 5.73 Å². The number of nitrogens with one attached hydrogen (secondary N) is 1. The molecule has 3 N–H and O–H groups in total. The van der Waals surface area contributed by atoms with Gasteiger partial charge in [-0.3, -0.25) is 4.79 Å². The van der Waals surface area contributed by atoms with Crippen molar-refractivity contribution in [1.29, 1.82) is 0 Å². The number of imidazole rings is 1. The lowest BCUT2D eigenvalue weighted by Gasteiger charge is -2.36. The molecule has 1 aliphatic carbocycles. The Balaban J connectivity index is 1.72. The van der Waals surface area contributed by atoms with E-state index >= 15 is 0 Å². The number of rotatable bonds is 4. The molecule has 0 atom stereocenters. The number of nitrogens with zero attached hydrogens (tertiary/aromatic N) is 2. The Morgan fingerprint density at radius 1 is 1.60 bits per heavy atom. The largest absolute Gasteiger partial charge is 0.353 e. The Morgan fingerprint density at radius 2 is 2.40 bits per heavy atom. The van der Waals surface area contributed by atoms with Gasteiger partial charge in [-0.25, -0.2) is 4.98 Å². The molecule has 0 bridgehead atoms. The van der Waals surface area contributed by atoms with Crippen LogP contribution in [-0.4, -0.2) is 27.5 Å². The van der Waals surface area contributed by atoms with E-state index in [-0.39, 0.29) is 5.91 Å². The maximum Gasteiger partial charge on any atom is 0.240 e. The van der Waals surface area contributed by atoms with Crippen molar-refractivity contribution in [3.63, 3.8) is 0 Å². The molecular formula is C10H16N4O. The van der Waals surface area contributed by atoms with Crippen LogP contribution in [0.3, 0.4) is 0 Å². The van der Waals surface area contributed by atoms with Crippen molar-refractivity contribution in [1.82, 2.24) is 14.9 Å². The summed E-state index contributed by atoms with van der Waals surface area (Å²) in [4.78, 5) is 15.5. The van der Waals surface area contributed by atoms with Crippen LogP contribution in [0, 0.1) is 0 Å². The van der Waals surface area contributed by atoms with E-state index in [0.29, 0.717) is 6.54 Å². The van der Waals surface area contributed by atoms with Crippen molar-refractivity contribution in [3.05, 3.63) is 18.7 Å². The highest BCUT2D eigenvalue weighted by atomic mass is 16.2. The topological polar surface area (TPSA) is 72.9 Å². The van der Waals surface area contributed by atoms with E-state index in [1.807, 2.05) is 10.8 Å². The fraction of sp³-hybridized carbons (Fsp3) is 0.600. The van der Waals surface area contributed by atoms with Gasteiger partial charge < -0.3 is 15.6 Å². The Kier molecular flexibility index (Phi) is 2.73. The van der Waals surface area contributed by atoms with Crippen LogP contribution in [0.5, 0.6) is 0 Å². The standard InChI is InChI=1S/C10H16N4O/c11-10(2-1-3-10)9(15)13-5-7-14-6-4-12-8-14/h4,6,8H,1-3,5,7,11H2,(H,13,15). The fourth-order valence-corrected chi connectivity index (χ4v) is 1.68. The minimum absolute atomic E-state index is 0.0196. The van der Waals surface area contributed by atoms with Gasteiger partial charge in [-0.15, -0.1) is 0 Å². The maximum atomic E-state index is 11.6. The first-order valence-electron chi connectivity index (χ1n) is 5.24. The van der Waals surface area contributed by atoms with Crippen molar-refractivity contribution in [2.45, 2.75) is 31.3 Å². The Labute approximate surface area is 88.7 Å². The lowest BCUT2D eigenvalue weighted by Crippen LogP contribution is -2.58. The molecule has 0 spiro atoms. The zero-order valence-electron chi connectivity index (χ0n) is 8.65. The molecule has 1 heterocycles. The molecule has 1 aromatic rings. The van der Waals surface area contributed by atoms with Gasteiger partial charge in [0, 0.05) is 25.5 Å². The van der Waals surface area contributed by atoms with Crippen LogP contribution in [0.2, 0.25) is 0 Å².